The minimum atomic E-state index is -0.312. The fourth-order valence-corrected chi connectivity index (χ4v) is 1.57. The monoisotopic (exact) mass is 269 g/mol. The van der Waals surface area contributed by atoms with Crippen LogP contribution in [0.3, 0.4) is 0 Å². The van der Waals surface area contributed by atoms with E-state index in [1.807, 2.05) is 6.92 Å². The van der Waals surface area contributed by atoms with Crippen LogP contribution >= 0.6 is 0 Å². The third kappa shape index (κ3) is 7.13. The van der Waals surface area contributed by atoms with E-state index in [1.165, 1.54) is 6.07 Å². The minimum absolute atomic E-state index is 0.312. The lowest BCUT2D eigenvalue weighted by molar-refractivity contribution is 0.132. The van der Waals surface area contributed by atoms with Crippen LogP contribution in [0.25, 0.3) is 0 Å². The third-order valence-electron chi connectivity index (χ3n) is 2.69. The third-order valence-corrected chi connectivity index (χ3v) is 2.69. The van der Waals surface area contributed by atoms with E-state index < -0.39 is 0 Å². The molecule has 0 spiro atoms. The molecule has 0 bridgehead atoms. The SMILES string of the molecule is CCCCOCCNCCOc1cc(C)ccc1F. The van der Waals surface area contributed by atoms with Gasteiger partial charge in [-0.3, -0.25) is 0 Å². The van der Waals surface area contributed by atoms with E-state index in [0.29, 0.717) is 25.5 Å². The maximum Gasteiger partial charge on any atom is 0.165 e. The number of hydrogen-bond donors (Lipinski definition) is 1. The van der Waals surface area contributed by atoms with Gasteiger partial charge < -0.3 is 14.8 Å². The molecule has 0 aromatic heterocycles. The number of ether oxygens (including phenoxy) is 2. The fourth-order valence-electron chi connectivity index (χ4n) is 1.57. The summed E-state index contributed by atoms with van der Waals surface area (Å²) in [5, 5.41) is 3.19. The van der Waals surface area contributed by atoms with E-state index in [2.05, 4.69) is 12.2 Å². The molecule has 0 amide bonds. The molecule has 4 heteroatoms. The molecule has 0 aliphatic rings. The first-order valence-corrected chi connectivity index (χ1v) is 6.91. The molecular weight excluding hydrogens is 245 g/mol. The Bertz CT molecular complexity index is 358. The lowest BCUT2D eigenvalue weighted by Gasteiger charge is -2.09. The molecule has 19 heavy (non-hydrogen) atoms. The molecule has 0 radical (unpaired) electrons. The van der Waals surface area contributed by atoms with Gasteiger partial charge in [-0.1, -0.05) is 19.4 Å². The zero-order valence-electron chi connectivity index (χ0n) is 11.9. The molecule has 0 fully saturated rings. The van der Waals surface area contributed by atoms with Crippen molar-refractivity contribution in [3.05, 3.63) is 29.6 Å². The van der Waals surface area contributed by atoms with E-state index >= 15 is 0 Å². The van der Waals surface area contributed by atoms with Crippen molar-refractivity contribution in [2.45, 2.75) is 26.7 Å². The van der Waals surface area contributed by atoms with Gasteiger partial charge in [-0.25, -0.2) is 4.39 Å². The Morgan fingerprint density at radius 1 is 1.16 bits per heavy atom. The normalized spacial score (nSPS) is 10.7. The van der Waals surface area contributed by atoms with Crippen molar-refractivity contribution >= 4 is 0 Å². The summed E-state index contributed by atoms with van der Waals surface area (Å²) in [6.45, 7) is 7.52. The van der Waals surface area contributed by atoms with Gasteiger partial charge in [0.25, 0.3) is 0 Å². The van der Waals surface area contributed by atoms with Gasteiger partial charge in [0.1, 0.15) is 6.61 Å². The first kappa shape index (κ1) is 15.9. The van der Waals surface area contributed by atoms with Gasteiger partial charge in [0.2, 0.25) is 0 Å². The summed E-state index contributed by atoms with van der Waals surface area (Å²) in [6.07, 6.45) is 2.26. The molecule has 1 rings (SSSR count). The van der Waals surface area contributed by atoms with Gasteiger partial charge in [0.15, 0.2) is 11.6 Å². The molecule has 0 atom stereocenters. The van der Waals surface area contributed by atoms with Crippen molar-refractivity contribution < 1.29 is 13.9 Å². The molecule has 0 aliphatic heterocycles. The Morgan fingerprint density at radius 2 is 1.95 bits per heavy atom. The Hall–Kier alpha value is -1.13. The smallest absolute Gasteiger partial charge is 0.165 e. The number of aryl methyl sites for hydroxylation is 1. The van der Waals surface area contributed by atoms with Crippen LogP contribution < -0.4 is 10.1 Å². The van der Waals surface area contributed by atoms with Crippen LogP contribution in [-0.4, -0.2) is 32.9 Å². The molecule has 1 N–H and O–H groups in total. The summed E-state index contributed by atoms with van der Waals surface area (Å²) in [4.78, 5) is 0. The number of halogens is 1. The first-order valence-electron chi connectivity index (χ1n) is 6.91. The summed E-state index contributed by atoms with van der Waals surface area (Å²) in [7, 11) is 0. The van der Waals surface area contributed by atoms with Crippen molar-refractivity contribution in [1.82, 2.24) is 5.32 Å². The van der Waals surface area contributed by atoms with Gasteiger partial charge in [0, 0.05) is 19.7 Å². The van der Waals surface area contributed by atoms with Crippen LogP contribution in [0.2, 0.25) is 0 Å². The number of hydrogen-bond acceptors (Lipinski definition) is 3. The van der Waals surface area contributed by atoms with Crippen LogP contribution in [0.4, 0.5) is 4.39 Å². The zero-order chi connectivity index (χ0) is 13.9. The van der Waals surface area contributed by atoms with Gasteiger partial charge >= 0.3 is 0 Å². The standard InChI is InChI=1S/C15H24FNO2/c1-3-4-9-18-10-7-17-8-11-19-15-12-13(2)5-6-14(15)16/h5-6,12,17H,3-4,7-11H2,1-2H3. The largest absolute Gasteiger partial charge is 0.489 e. The predicted octanol–water partition coefficient (Wildman–Crippen LogP) is 2.92. The molecule has 0 saturated carbocycles. The minimum Gasteiger partial charge on any atom is -0.489 e. The first-order chi connectivity index (χ1) is 9.24. The lowest BCUT2D eigenvalue weighted by Crippen LogP contribution is -2.25. The molecule has 108 valence electrons. The highest BCUT2D eigenvalue weighted by Gasteiger charge is 2.02. The van der Waals surface area contributed by atoms with E-state index in [-0.39, 0.29) is 5.82 Å². The summed E-state index contributed by atoms with van der Waals surface area (Å²) in [5.41, 5.74) is 0.994. The average Bonchev–Trinajstić information content (AvgIpc) is 2.40. The van der Waals surface area contributed by atoms with Crippen LogP contribution in [0.1, 0.15) is 25.3 Å². The van der Waals surface area contributed by atoms with E-state index in [9.17, 15) is 4.39 Å². The molecule has 3 nitrogen and oxygen atoms in total. The lowest BCUT2D eigenvalue weighted by atomic mass is 10.2. The number of unbranched alkanes of at least 4 members (excludes halogenated alkanes) is 1. The molecule has 0 aliphatic carbocycles. The van der Waals surface area contributed by atoms with Gasteiger partial charge in [-0.2, -0.15) is 0 Å². The Kier molecular flexibility index (Phi) is 8.18. The molecule has 0 saturated heterocycles. The molecule has 0 unspecified atom stereocenters. The van der Waals surface area contributed by atoms with Crippen LogP contribution in [-0.2, 0) is 4.74 Å². The second-order valence-electron chi connectivity index (χ2n) is 4.50. The second kappa shape index (κ2) is 9.75. The van der Waals surface area contributed by atoms with Crippen molar-refractivity contribution in [3.63, 3.8) is 0 Å². The van der Waals surface area contributed by atoms with E-state index in [0.717, 1.165) is 31.6 Å². The number of benzene rings is 1. The summed E-state index contributed by atoms with van der Waals surface area (Å²) >= 11 is 0. The van der Waals surface area contributed by atoms with Gasteiger partial charge in [-0.05, 0) is 31.0 Å². The second-order valence-corrected chi connectivity index (χ2v) is 4.50. The highest BCUT2D eigenvalue weighted by molar-refractivity contribution is 5.29. The van der Waals surface area contributed by atoms with Crippen molar-refractivity contribution in [3.8, 4) is 5.75 Å². The highest BCUT2D eigenvalue weighted by atomic mass is 19.1. The van der Waals surface area contributed by atoms with Crippen molar-refractivity contribution in [2.24, 2.45) is 0 Å². The number of rotatable bonds is 10. The van der Waals surface area contributed by atoms with Crippen LogP contribution in [0, 0.1) is 12.7 Å². The summed E-state index contributed by atoms with van der Waals surface area (Å²) in [5.74, 6) is 0.00879. The van der Waals surface area contributed by atoms with Crippen molar-refractivity contribution in [2.75, 3.05) is 32.9 Å². The average molecular weight is 269 g/mol. The van der Waals surface area contributed by atoms with Gasteiger partial charge in [-0.15, -0.1) is 0 Å². The van der Waals surface area contributed by atoms with Gasteiger partial charge in [0.05, 0.1) is 6.61 Å². The maximum atomic E-state index is 13.4. The topological polar surface area (TPSA) is 30.5 Å². The van der Waals surface area contributed by atoms with E-state index in [1.54, 1.807) is 12.1 Å². The highest BCUT2D eigenvalue weighted by Crippen LogP contribution is 2.17. The number of nitrogens with one attached hydrogen (secondary N) is 1. The maximum absolute atomic E-state index is 13.4. The molecule has 0 heterocycles. The van der Waals surface area contributed by atoms with Crippen LogP contribution in [0.5, 0.6) is 5.75 Å². The quantitative estimate of drug-likeness (QED) is 0.662. The molecular formula is C15H24FNO2. The Balaban J connectivity index is 2.03. The Labute approximate surface area is 115 Å². The predicted molar refractivity (Wildman–Crippen MR) is 75.2 cm³/mol. The summed E-state index contributed by atoms with van der Waals surface area (Å²) in [6, 6.07) is 4.87. The van der Waals surface area contributed by atoms with Crippen molar-refractivity contribution in [1.29, 1.82) is 0 Å². The zero-order valence-corrected chi connectivity index (χ0v) is 11.9. The fraction of sp³-hybridized carbons (Fsp3) is 0.600. The Morgan fingerprint density at radius 3 is 2.74 bits per heavy atom. The molecule has 1 aromatic rings. The van der Waals surface area contributed by atoms with E-state index in [4.69, 9.17) is 9.47 Å². The van der Waals surface area contributed by atoms with Crippen LogP contribution in [0.15, 0.2) is 18.2 Å². The summed E-state index contributed by atoms with van der Waals surface area (Å²) < 4.78 is 24.1. The molecule has 1 aromatic carbocycles.